The molecule has 1 heterocycles. The second kappa shape index (κ2) is 6.27. The highest BCUT2D eigenvalue weighted by Gasteiger charge is 2.08. The molecule has 8 heteroatoms. The van der Waals surface area contributed by atoms with E-state index in [1.165, 1.54) is 6.20 Å². The number of carbonyl (C=O) groups excluding carboxylic acids is 1. The fourth-order valence-electron chi connectivity index (χ4n) is 1.37. The smallest absolute Gasteiger partial charge is 0.262 e. The van der Waals surface area contributed by atoms with Crippen LogP contribution >= 0.6 is 11.6 Å². The van der Waals surface area contributed by atoms with Crippen LogP contribution in [0.5, 0.6) is 0 Å². The minimum absolute atomic E-state index is 0.163. The number of nitrogens with one attached hydrogen (secondary N) is 2. The average Bonchev–Trinajstić information content (AvgIpc) is 2.45. The van der Waals surface area contributed by atoms with Crippen LogP contribution in [0.3, 0.4) is 0 Å². The molecule has 0 saturated heterocycles. The van der Waals surface area contributed by atoms with Crippen molar-refractivity contribution in [1.82, 2.24) is 20.6 Å². The average molecular weight is 293 g/mol. The zero-order valence-corrected chi connectivity index (χ0v) is 11.4. The first-order valence-electron chi connectivity index (χ1n) is 5.83. The summed E-state index contributed by atoms with van der Waals surface area (Å²) < 4.78 is 0. The summed E-state index contributed by atoms with van der Waals surface area (Å²) in [6.45, 7) is 1.57. The molecule has 20 heavy (non-hydrogen) atoms. The topological polar surface area (TPSA) is 106 Å². The van der Waals surface area contributed by atoms with Gasteiger partial charge in [0.1, 0.15) is 0 Å². The Morgan fingerprint density at radius 3 is 2.95 bits per heavy atom. The largest absolute Gasteiger partial charge is 0.320 e. The van der Waals surface area contributed by atoms with Crippen LogP contribution in [-0.4, -0.2) is 27.1 Å². The van der Waals surface area contributed by atoms with Gasteiger partial charge >= 0.3 is 0 Å². The van der Waals surface area contributed by atoms with Crippen molar-refractivity contribution in [3.05, 3.63) is 35.5 Å². The quantitative estimate of drug-likeness (QED) is 0.726. The molecule has 2 rings (SSSR count). The lowest BCUT2D eigenvalue weighted by atomic mass is 10.2. The lowest BCUT2D eigenvalue weighted by Gasteiger charge is -2.09. The molecule has 0 radical (unpaired) electrons. The number of anilines is 1. The van der Waals surface area contributed by atoms with E-state index in [0.29, 0.717) is 10.7 Å². The summed E-state index contributed by atoms with van der Waals surface area (Å²) in [6, 6.07) is 6.55. The van der Waals surface area contributed by atoms with Gasteiger partial charge in [-0.3, -0.25) is 15.6 Å². The first kappa shape index (κ1) is 14.2. The van der Waals surface area contributed by atoms with E-state index < -0.39 is 6.04 Å². The van der Waals surface area contributed by atoms with E-state index in [0.717, 1.165) is 5.56 Å². The van der Waals surface area contributed by atoms with E-state index in [2.05, 4.69) is 26.0 Å². The highest BCUT2D eigenvalue weighted by Crippen LogP contribution is 2.20. The number of aromatic nitrogens is 3. The van der Waals surface area contributed by atoms with Crippen LogP contribution in [0.15, 0.2) is 30.5 Å². The van der Waals surface area contributed by atoms with Gasteiger partial charge < -0.3 is 5.73 Å². The van der Waals surface area contributed by atoms with Gasteiger partial charge in [-0.05, 0) is 19.1 Å². The molecule has 1 aromatic carbocycles. The van der Waals surface area contributed by atoms with Crippen molar-refractivity contribution < 1.29 is 4.79 Å². The number of hydrazine groups is 1. The normalized spacial score (nSPS) is 11.8. The third kappa shape index (κ3) is 3.62. The number of hydrogen-bond acceptors (Lipinski definition) is 6. The van der Waals surface area contributed by atoms with Crippen LogP contribution in [-0.2, 0) is 4.79 Å². The fraction of sp³-hybridized carbons (Fsp3) is 0.167. The third-order valence-corrected chi connectivity index (χ3v) is 2.63. The van der Waals surface area contributed by atoms with Gasteiger partial charge in [0.05, 0.1) is 17.9 Å². The maximum atomic E-state index is 11.3. The molecule has 4 N–H and O–H groups in total. The number of nitrogens with two attached hydrogens (primary N) is 1. The summed E-state index contributed by atoms with van der Waals surface area (Å²) >= 11 is 5.92. The van der Waals surface area contributed by atoms with Crippen LogP contribution < -0.4 is 16.6 Å². The lowest BCUT2D eigenvalue weighted by Crippen LogP contribution is -2.41. The first-order valence-corrected chi connectivity index (χ1v) is 6.21. The van der Waals surface area contributed by atoms with Crippen molar-refractivity contribution >= 4 is 23.5 Å². The van der Waals surface area contributed by atoms with Crippen molar-refractivity contribution in [3.8, 4) is 11.3 Å². The van der Waals surface area contributed by atoms with Crippen molar-refractivity contribution in [2.45, 2.75) is 13.0 Å². The molecule has 0 bridgehead atoms. The summed E-state index contributed by atoms with van der Waals surface area (Å²) in [5.74, 6) is -0.210. The molecule has 0 aliphatic carbocycles. The Labute approximate surface area is 120 Å². The predicted molar refractivity (Wildman–Crippen MR) is 75.7 cm³/mol. The Hall–Kier alpha value is -2.25. The minimum Gasteiger partial charge on any atom is -0.320 e. The Bertz CT molecular complexity index is 618. The predicted octanol–water partition coefficient (Wildman–Crippen LogP) is 0.982. The summed E-state index contributed by atoms with van der Waals surface area (Å²) in [4.78, 5) is 15.5. The van der Waals surface area contributed by atoms with Gasteiger partial charge in [0.2, 0.25) is 0 Å². The number of carbonyl (C=O) groups is 1. The van der Waals surface area contributed by atoms with Crippen LogP contribution in [0.4, 0.5) is 5.95 Å². The van der Waals surface area contributed by atoms with Crippen molar-refractivity contribution in [3.63, 3.8) is 0 Å². The minimum atomic E-state index is -0.633. The lowest BCUT2D eigenvalue weighted by molar-refractivity contribution is -0.121. The van der Waals surface area contributed by atoms with E-state index in [9.17, 15) is 4.79 Å². The van der Waals surface area contributed by atoms with E-state index in [1.54, 1.807) is 19.1 Å². The standard InChI is InChI=1S/C12H13ClN6O/c1-7(14)11(20)17-19-12-16-10(6-15-18-12)8-3-2-4-9(13)5-8/h2-7H,14H2,1H3,(H,17,20)(H,16,18,19). The van der Waals surface area contributed by atoms with E-state index in [-0.39, 0.29) is 11.9 Å². The summed E-state index contributed by atoms with van der Waals surface area (Å²) in [6.07, 6.45) is 1.50. The van der Waals surface area contributed by atoms with E-state index in [1.807, 2.05) is 12.1 Å². The second-order valence-electron chi connectivity index (χ2n) is 4.08. The Morgan fingerprint density at radius 2 is 2.25 bits per heavy atom. The van der Waals surface area contributed by atoms with Gasteiger partial charge in [0.15, 0.2) is 0 Å². The number of nitrogens with zero attached hydrogens (tertiary/aromatic N) is 3. The summed E-state index contributed by atoms with van der Waals surface area (Å²) in [5, 5.41) is 8.17. The Morgan fingerprint density at radius 1 is 1.45 bits per heavy atom. The highest BCUT2D eigenvalue weighted by atomic mass is 35.5. The van der Waals surface area contributed by atoms with Crippen LogP contribution in [0.2, 0.25) is 5.02 Å². The van der Waals surface area contributed by atoms with E-state index in [4.69, 9.17) is 17.3 Å². The monoisotopic (exact) mass is 292 g/mol. The van der Waals surface area contributed by atoms with Crippen LogP contribution in [0.1, 0.15) is 6.92 Å². The SMILES string of the molecule is CC(N)C(=O)NNc1nncc(-c2cccc(Cl)c2)n1. The molecule has 0 saturated carbocycles. The zero-order valence-electron chi connectivity index (χ0n) is 10.7. The molecular weight excluding hydrogens is 280 g/mol. The molecule has 1 atom stereocenters. The third-order valence-electron chi connectivity index (χ3n) is 2.39. The maximum Gasteiger partial charge on any atom is 0.262 e. The molecule has 0 spiro atoms. The van der Waals surface area contributed by atoms with Crippen molar-refractivity contribution in [1.29, 1.82) is 0 Å². The summed E-state index contributed by atoms with van der Waals surface area (Å²) in [5.41, 5.74) is 11.7. The highest BCUT2D eigenvalue weighted by molar-refractivity contribution is 6.30. The van der Waals surface area contributed by atoms with Gasteiger partial charge in [0.25, 0.3) is 11.9 Å². The second-order valence-corrected chi connectivity index (χ2v) is 4.51. The van der Waals surface area contributed by atoms with Crippen molar-refractivity contribution in [2.24, 2.45) is 5.73 Å². The first-order chi connectivity index (χ1) is 9.56. The van der Waals surface area contributed by atoms with Gasteiger partial charge in [-0.15, -0.1) is 5.10 Å². The number of benzene rings is 1. The maximum absolute atomic E-state index is 11.3. The molecule has 2 aromatic rings. The van der Waals surface area contributed by atoms with Gasteiger partial charge in [-0.25, -0.2) is 4.98 Å². The summed E-state index contributed by atoms with van der Waals surface area (Å²) in [7, 11) is 0. The molecule has 1 aromatic heterocycles. The number of hydrogen-bond donors (Lipinski definition) is 3. The molecule has 104 valence electrons. The van der Waals surface area contributed by atoms with Crippen LogP contribution in [0.25, 0.3) is 11.3 Å². The Kier molecular flexibility index (Phi) is 4.44. The van der Waals surface area contributed by atoms with Gasteiger partial charge in [-0.1, -0.05) is 23.7 Å². The van der Waals surface area contributed by atoms with Gasteiger partial charge in [0, 0.05) is 10.6 Å². The molecule has 0 aliphatic heterocycles. The molecule has 1 unspecified atom stereocenters. The Balaban J connectivity index is 2.14. The zero-order chi connectivity index (χ0) is 14.5. The van der Waals surface area contributed by atoms with Crippen molar-refractivity contribution in [2.75, 3.05) is 5.43 Å². The van der Waals surface area contributed by atoms with E-state index >= 15 is 0 Å². The molecule has 1 amide bonds. The molecular formula is C12H13ClN6O. The number of rotatable bonds is 4. The number of halogens is 1. The molecule has 7 nitrogen and oxygen atoms in total. The van der Waals surface area contributed by atoms with Crippen LogP contribution in [0, 0.1) is 0 Å². The number of amides is 1. The van der Waals surface area contributed by atoms with Gasteiger partial charge in [-0.2, -0.15) is 5.10 Å². The molecule has 0 aliphatic rings. The fourth-order valence-corrected chi connectivity index (χ4v) is 1.57. The molecule has 0 fully saturated rings.